The Balaban J connectivity index is 1.98. The molecule has 1 fully saturated rings. The SMILES string of the molecule is COc1ccc(N)c(-c2nnnn2C2CCCCCC2)c1. The van der Waals surface area contributed by atoms with Crippen molar-refractivity contribution in [3.63, 3.8) is 0 Å². The topological polar surface area (TPSA) is 78.8 Å². The first-order chi connectivity index (χ1) is 10.3. The van der Waals surface area contributed by atoms with Gasteiger partial charge in [0.25, 0.3) is 0 Å². The maximum Gasteiger partial charge on any atom is 0.184 e. The van der Waals surface area contributed by atoms with E-state index in [-0.39, 0.29) is 0 Å². The minimum Gasteiger partial charge on any atom is -0.497 e. The van der Waals surface area contributed by atoms with E-state index in [1.54, 1.807) is 7.11 Å². The first-order valence-corrected chi connectivity index (χ1v) is 7.51. The smallest absolute Gasteiger partial charge is 0.184 e. The van der Waals surface area contributed by atoms with Crippen LogP contribution in [-0.4, -0.2) is 27.3 Å². The molecule has 0 unspecified atom stereocenters. The second kappa shape index (κ2) is 6.11. The van der Waals surface area contributed by atoms with Crippen molar-refractivity contribution in [3.05, 3.63) is 18.2 Å². The van der Waals surface area contributed by atoms with Crippen LogP contribution in [0.3, 0.4) is 0 Å². The number of hydrogen-bond acceptors (Lipinski definition) is 5. The summed E-state index contributed by atoms with van der Waals surface area (Å²) < 4.78 is 7.22. The zero-order valence-electron chi connectivity index (χ0n) is 12.3. The number of ether oxygens (including phenoxy) is 1. The number of methoxy groups -OCH3 is 1. The second-order valence-electron chi connectivity index (χ2n) is 5.55. The Morgan fingerprint density at radius 2 is 1.95 bits per heavy atom. The molecule has 1 heterocycles. The lowest BCUT2D eigenvalue weighted by molar-refractivity contribution is 0.400. The highest BCUT2D eigenvalue weighted by Gasteiger charge is 2.21. The Morgan fingerprint density at radius 3 is 2.67 bits per heavy atom. The van der Waals surface area contributed by atoms with Crippen LogP contribution < -0.4 is 10.5 Å². The zero-order valence-corrected chi connectivity index (χ0v) is 12.3. The molecule has 0 amide bonds. The predicted octanol–water partition coefficient (Wildman–Crippen LogP) is 2.83. The zero-order chi connectivity index (χ0) is 14.7. The Hall–Kier alpha value is -2.11. The summed E-state index contributed by atoms with van der Waals surface area (Å²) in [6, 6.07) is 5.94. The normalized spacial score (nSPS) is 16.6. The Bertz CT molecular complexity index is 602. The molecule has 21 heavy (non-hydrogen) atoms. The average Bonchev–Trinajstić information content (AvgIpc) is 2.83. The monoisotopic (exact) mass is 287 g/mol. The van der Waals surface area contributed by atoms with Crippen LogP contribution in [0.2, 0.25) is 0 Å². The molecule has 6 heteroatoms. The minimum atomic E-state index is 0.364. The van der Waals surface area contributed by atoms with Gasteiger partial charge in [0.15, 0.2) is 5.82 Å². The number of nitrogens with zero attached hydrogens (tertiary/aromatic N) is 4. The van der Waals surface area contributed by atoms with Crippen LogP contribution >= 0.6 is 0 Å². The number of nitrogen functional groups attached to an aromatic ring is 1. The lowest BCUT2D eigenvalue weighted by Crippen LogP contribution is -2.12. The van der Waals surface area contributed by atoms with Gasteiger partial charge in [-0.05, 0) is 41.5 Å². The lowest BCUT2D eigenvalue weighted by Gasteiger charge is -2.16. The molecule has 1 aliphatic carbocycles. The summed E-state index contributed by atoms with van der Waals surface area (Å²) in [5.74, 6) is 1.49. The maximum atomic E-state index is 6.10. The van der Waals surface area contributed by atoms with Gasteiger partial charge in [-0.25, -0.2) is 4.68 Å². The van der Waals surface area contributed by atoms with Crippen molar-refractivity contribution in [3.8, 4) is 17.1 Å². The van der Waals surface area contributed by atoms with E-state index >= 15 is 0 Å². The summed E-state index contributed by atoms with van der Waals surface area (Å²) >= 11 is 0. The standard InChI is InChI=1S/C15H21N5O/c1-21-12-8-9-14(16)13(10-12)15-17-18-19-20(15)11-6-4-2-3-5-7-11/h8-11H,2-7,16H2,1H3. The van der Waals surface area contributed by atoms with Crippen molar-refractivity contribution in [2.45, 2.75) is 44.6 Å². The first kappa shape index (κ1) is 13.9. The van der Waals surface area contributed by atoms with E-state index in [4.69, 9.17) is 10.5 Å². The van der Waals surface area contributed by atoms with Crippen LogP contribution in [0, 0.1) is 0 Å². The van der Waals surface area contributed by atoms with Crippen LogP contribution in [0.25, 0.3) is 11.4 Å². The van der Waals surface area contributed by atoms with Crippen LogP contribution in [0.1, 0.15) is 44.6 Å². The van der Waals surface area contributed by atoms with Gasteiger partial charge in [-0.2, -0.15) is 0 Å². The summed E-state index contributed by atoms with van der Waals surface area (Å²) in [7, 11) is 1.64. The van der Waals surface area contributed by atoms with Gasteiger partial charge in [0.05, 0.1) is 13.2 Å². The molecule has 0 bridgehead atoms. The molecule has 2 N–H and O–H groups in total. The number of tetrazole rings is 1. The highest BCUT2D eigenvalue weighted by atomic mass is 16.5. The fraction of sp³-hybridized carbons (Fsp3) is 0.533. The molecule has 0 saturated heterocycles. The van der Waals surface area contributed by atoms with Crippen molar-refractivity contribution in [1.29, 1.82) is 0 Å². The van der Waals surface area contributed by atoms with Gasteiger partial charge in [0.1, 0.15) is 5.75 Å². The number of anilines is 1. The van der Waals surface area contributed by atoms with E-state index in [1.165, 1.54) is 25.7 Å². The fourth-order valence-electron chi connectivity index (χ4n) is 2.98. The summed E-state index contributed by atoms with van der Waals surface area (Å²) in [5.41, 5.74) is 7.60. The third-order valence-corrected chi connectivity index (χ3v) is 4.16. The molecule has 3 rings (SSSR count). The Labute approximate surface area is 124 Å². The van der Waals surface area contributed by atoms with E-state index in [9.17, 15) is 0 Å². The first-order valence-electron chi connectivity index (χ1n) is 7.51. The van der Waals surface area contributed by atoms with Gasteiger partial charge >= 0.3 is 0 Å². The molecule has 2 aromatic rings. The molecular formula is C15H21N5O. The maximum absolute atomic E-state index is 6.10. The number of nitrogens with two attached hydrogens (primary N) is 1. The van der Waals surface area contributed by atoms with Gasteiger partial charge in [-0.15, -0.1) is 5.10 Å². The number of benzene rings is 1. The van der Waals surface area contributed by atoms with Gasteiger partial charge in [0, 0.05) is 11.3 Å². The molecule has 1 aliphatic rings. The van der Waals surface area contributed by atoms with Gasteiger partial charge in [-0.3, -0.25) is 0 Å². The predicted molar refractivity (Wildman–Crippen MR) is 81.0 cm³/mol. The Morgan fingerprint density at radius 1 is 1.19 bits per heavy atom. The van der Waals surface area contributed by atoms with E-state index in [0.717, 1.165) is 30.0 Å². The summed E-state index contributed by atoms with van der Waals surface area (Å²) in [4.78, 5) is 0. The largest absolute Gasteiger partial charge is 0.497 e. The molecule has 0 radical (unpaired) electrons. The molecule has 6 nitrogen and oxygen atoms in total. The quantitative estimate of drug-likeness (QED) is 0.693. The molecular weight excluding hydrogens is 266 g/mol. The molecule has 112 valence electrons. The lowest BCUT2D eigenvalue weighted by atomic mass is 10.1. The summed E-state index contributed by atoms with van der Waals surface area (Å²) in [6.07, 6.45) is 7.32. The molecule has 1 aromatic carbocycles. The van der Waals surface area contributed by atoms with Crippen LogP contribution in [0.15, 0.2) is 18.2 Å². The van der Waals surface area contributed by atoms with E-state index in [1.807, 2.05) is 22.9 Å². The van der Waals surface area contributed by atoms with Crippen molar-refractivity contribution >= 4 is 5.69 Å². The van der Waals surface area contributed by atoms with Crippen molar-refractivity contribution < 1.29 is 4.74 Å². The van der Waals surface area contributed by atoms with Gasteiger partial charge in [0.2, 0.25) is 0 Å². The van der Waals surface area contributed by atoms with Crippen molar-refractivity contribution in [1.82, 2.24) is 20.2 Å². The number of rotatable bonds is 3. The third kappa shape index (κ3) is 2.84. The fourth-order valence-corrected chi connectivity index (χ4v) is 2.98. The van der Waals surface area contributed by atoms with E-state index < -0.39 is 0 Å². The van der Waals surface area contributed by atoms with Crippen molar-refractivity contribution in [2.75, 3.05) is 12.8 Å². The minimum absolute atomic E-state index is 0.364. The molecule has 0 spiro atoms. The third-order valence-electron chi connectivity index (χ3n) is 4.16. The Kier molecular flexibility index (Phi) is 4.03. The van der Waals surface area contributed by atoms with E-state index in [2.05, 4.69) is 15.5 Å². The van der Waals surface area contributed by atoms with Crippen LogP contribution in [0.4, 0.5) is 5.69 Å². The highest BCUT2D eigenvalue weighted by Crippen LogP contribution is 2.33. The summed E-state index contributed by atoms with van der Waals surface area (Å²) in [6.45, 7) is 0. The average molecular weight is 287 g/mol. The summed E-state index contributed by atoms with van der Waals surface area (Å²) in [5, 5.41) is 12.3. The van der Waals surface area contributed by atoms with E-state index in [0.29, 0.717) is 11.7 Å². The van der Waals surface area contributed by atoms with Gasteiger partial charge < -0.3 is 10.5 Å². The molecule has 1 aromatic heterocycles. The van der Waals surface area contributed by atoms with Crippen molar-refractivity contribution in [2.24, 2.45) is 0 Å². The molecule has 0 atom stereocenters. The molecule has 1 saturated carbocycles. The van der Waals surface area contributed by atoms with Crippen LogP contribution in [-0.2, 0) is 0 Å². The van der Waals surface area contributed by atoms with Crippen LogP contribution in [0.5, 0.6) is 5.75 Å². The van der Waals surface area contributed by atoms with Gasteiger partial charge in [-0.1, -0.05) is 25.7 Å². The highest BCUT2D eigenvalue weighted by molar-refractivity contribution is 5.73. The molecule has 0 aliphatic heterocycles. The number of hydrogen-bond donors (Lipinski definition) is 1. The second-order valence-corrected chi connectivity index (χ2v) is 5.55. The number of aromatic nitrogens is 4.